The van der Waals surface area contributed by atoms with Crippen molar-refractivity contribution in [2.24, 2.45) is 4.99 Å². The van der Waals surface area contributed by atoms with Gasteiger partial charge in [-0.1, -0.05) is 24.8 Å². The fraction of sp³-hybridized carbons (Fsp3) is 0.462. The standard InChI is InChI=1S/C13H18N2S2/c1-9-7-10(2)17-13(14-9)15-11-5-4-6-12(8-11)16-3/h4-6,8-10H,7H2,1-3H3,(H,14,15). The Hall–Kier alpha value is -0.610. The molecule has 92 valence electrons. The van der Waals surface area contributed by atoms with Gasteiger partial charge in [0.1, 0.15) is 0 Å². The summed E-state index contributed by atoms with van der Waals surface area (Å²) in [5.74, 6) is 0. The van der Waals surface area contributed by atoms with Crippen LogP contribution in [-0.2, 0) is 0 Å². The predicted molar refractivity (Wildman–Crippen MR) is 80.4 cm³/mol. The van der Waals surface area contributed by atoms with Gasteiger partial charge in [0.25, 0.3) is 0 Å². The number of hydrogen-bond acceptors (Lipinski definition) is 4. The van der Waals surface area contributed by atoms with Crippen LogP contribution in [0.1, 0.15) is 20.3 Å². The molecule has 2 unspecified atom stereocenters. The first kappa shape index (κ1) is 12.8. The van der Waals surface area contributed by atoms with Crippen molar-refractivity contribution in [1.29, 1.82) is 0 Å². The van der Waals surface area contributed by atoms with Crippen molar-refractivity contribution in [1.82, 2.24) is 0 Å². The summed E-state index contributed by atoms with van der Waals surface area (Å²) in [7, 11) is 0. The van der Waals surface area contributed by atoms with E-state index in [2.05, 4.69) is 54.7 Å². The minimum Gasteiger partial charge on any atom is -0.335 e. The smallest absolute Gasteiger partial charge is 0.161 e. The number of benzene rings is 1. The average molecular weight is 266 g/mol. The van der Waals surface area contributed by atoms with Crippen LogP contribution in [0.4, 0.5) is 5.69 Å². The third kappa shape index (κ3) is 3.68. The van der Waals surface area contributed by atoms with Crippen molar-refractivity contribution < 1.29 is 0 Å². The van der Waals surface area contributed by atoms with Crippen molar-refractivity contribution in [2.45, 2.75) is 36.5 Å². The van der Waals surface area contributed by atoms with Gasteiger partial charge in [-0.05, 0) is 37.8 Å². The summed E-state index contributed by atoms with van der Waals surface area (Å²) in [6.07, 6.45) is 3.26. The molecule has 2 atom stereocenters. The Kier molecular flexibility index (Phi) is 4.40. The maximum absolute atomic E-state index is 4.65. The molecule has 0 fully saturated rings. The highest BCUT2D eigenvalue weighted by Gasteiger charge is 2.18. The van der Waals surface area contributed by atoms with Crippen LogP contribution in [0, 0.1) is 0 Å². The summed E-state index contributed by atoms with van der Waals surface area (Å²) in [5, 5.41) is 5.11. The molecule has 0 spiro atoms. The summed E-state index contributed by atoms with van der Waals surface area (Å²) < 4.78 is 0. The van der Waals surface area contributed by atoms with Gasteiger partial charge >= 0.3 is 0 Å². The van der Waals surface area contributed by atoms with E-state index in [4.69, 9.17) is 0 Å². The van der Waals surface area contributed by atoms with Crippen LogP contribution in [-0.4, -0.2) is 22.7 Å². The molecule has 1 aliphatic heterocycles. The Bertz CT molecular complexity index is 418. The van der Waals surface area contributed by atoms with Gasteiger partial charge in [0.2, 0.25) is 0 Å². The molecule has 0 saturated carbocycles. The predicted octanol–water partition coefficient (Wildman–Crippen LogP) is 4.09. The molecule has 0 bridgehead atoms. The number of nitrogens with one attached hydrogen (secondary N) is 1. The molecule has 0 amide bonds. The second kappa shape index (κ2) is 5.83. The van der Waals surface area contributed by atoms with Gasteiger partial charge in [0, 0.05) is 15.8 Å². The van der Waals surface area contributed by atoms with Gasteiger partial charge in [0.15, 0.2) is 5.17 Å². The first-order valence-electron chi connectivity index (χ1n) is 5.83. The van der Waals surface area contributed by atoms with Gasteiger partial charge in [-0.2, -0.15) is 0 Å². The molecule has 0 aromatic heterocycles. The molecule has 2 nitrogen and oxygen atoms in total. The van der Waals surface area contributed by atoms with E-state index in [0.29, 0.717) is 11.3 Å². The number of nitrogens with zero attached hydrogens (tertiary/aromatic N) is 1. The zero-order valence-electron chi connectivity index (χ0n) is 10.4. The Morgan fingerprint density at radius 2 is 2.24 bits per heavy atom. The fourth-order valence-electron chi connectivity index (χ4n) is 1.89. The lowest BCUT2D eigenvalue weighted by Crippen LogP contribution is -2.22. The van der Waals surface area contributed by atoms with Crippen LogP contribution in [0.5, 0.6) is 0 Å². The lowest BCUT2D eigenvalue weighted by atomic mass is 10.2. The van der Waals surface area contributed by atoms with E-state index in [1.807, 2.05) is 11.8 Å². The lowest BCUT2D eigenvalue weighted by molar-refractivity contribution is 0.661. The molecule has 0 aliphatic carbocycles. The highest BCUT2D eigenvalue weighted by atomic mass is 32.2. The number of hydrogen-bond donors (Lipinski definition) is 1. The summed E-state index contributed by atoms with van der Waals surface area (Å²) in [5.41, 5.74) is 1.13. The van der Waals surface area contributed by atoms with Gasteiger partial charge in [-0.25, -0.2) is 0 Å². The maximum Gasteiger partial charge on any atom is 0.161 e. The zero-order chi connectivity index (χ0) is 12.3. The normalized spacial score (nSPS) is 24.3. The van der Waals surface area contributed by atoms with E-state index >= 15 is 0 Å². The molecule has 1 aliphatic rings. The van der Waals surface area contributed by atoms with E-state index in [-0.39, 0.29) is 0 Å². The summed E-state index contributed by atoms with van der Waals surface area (Å²) >= 11 is 3.59. The van der Waals surface area contributed by atoms with Crippen LogP contribution >= 0.6 is 23.5 Å². The molecular formula is C13H18N2S2. The second-order valence-corrected chi connectivity index (χ2v) is 6.61. The zero-order valence-corrected chi connectivity index (χ0v) is 12.1. The summed E-state index contributed by atoms with van der Waals surface area (Å²) in [6, 6.07) is 8.88. The fourth-order valence-corrected chi connectivity index (χ4v) is 3.52. The van der Waals surface area contributed by atoms with E-state index in [9.17, 15) is 0 Å². The SMILES string of the molecule is CSc1cccc(NC2=NC(C)CC(C)S2)c1. The number of thioether (sulfide) groups is 2. The van der Waals surface area contributed by atoms with Crippen LogP contribution < -0.4 is 5.32 Å². The second-order valence-electron chi connectivity index (χ2n) is 4.30. The van der Waals surface area contributed by atoms with Crippen LogP contribution in [0.2, 0.25) is 0 Å². The molecule has 1 aromatic carbocycles. The highest BCUT2D eigenvalue weighted by Crippen LogP contribution is 2.27. The van der Waals surface area contributed by atoms with Crippen LogP contribution in [0.15, 0.2) is 34.2 Å². The molecule has 4 heteroatoms. The van der Waals surface area contributed by atoms with Crippen molar-refractivity contribution in [2.75, 3.05) is 11.6 Å². The van der Waals surface area contributed by atoms with Crippen molar-refractivity contribution in [3.05, 3.63) is 24.3 Å². The van der Waals surface area contributed by atoms with Gasteiger partial charge in [-0.3, -0.25) is 4.99 Å². The Morgan fingerprint density at radius 1 is 1.41 bits per heavy atom. The van der Waals surface area contributed by atoms with Gasteiger partial charge in [-0.15, -0.1) is 11.8 Å². The molecular weight excluding hydrogens is 248 g/mol. The van der Waals surface area contributed by atoms with E-state index in [0.717, 1.165) is 10.9 Å². The molecule has 2 rings (SSSR count). The highest BCUT2D eigenvalue weighted by molar-refractivity contribution is 8.14. The lowest BCUT2D eigenvalue weighted by Gasteiger charge is -2.23. The maximum atomic E-state index is 4.65. The molecule has 17 heavy (non-hydrogen) atoms. The number of anilines is 1. The largest absolute Gasteiger partial charge is 0.335 e. The Balaban J connectivity index is 2.09. The van der Waals surface area contributed by atoms with E-state index in [1.165, 1.54) is 11.3 Å². The summed E-state index contributed by atoms with van der Waals surface area (Å²) in [6.45, 7) is 4.44. The third-order valence-electron chi connectivity index (χ3n) is 2.64. The average Bonchev–Trinajstić information content (AvgIpc) is 2.28. The number of amidine groups is 1. The van der Waals surface area contributed by atoms with E-state index in [1.54, 1.807) is 11.8 Å². The quantitative estimate of drug-likeness (QED) is 0.816. The summed E-state index contributed by atoms with van der Waals surface area (Å²) in [4.78, 5) is 5.92. The first-order chi connectivity index (χ1) is 8.17. The van der Waals surface area contributed by atoms with Crippen molar-refractivity contribution in [3.8, 4) is 0 Å². The molecule has 1 N–H and O–H groups in total. The molecule has 0 radical (unpaired) electrons. The van der Waals surface area contributed by atoms with Crippen molar-refractivity contribution in [3.63, 3.8) is 0 Å². The molecule has 0 saturated heterocycles. The third-order valence-corrected chi connectivity index (χ3v) is 4.40. The minimum atomic E-state index is 0.428. The molecule has 1 heterocycles. The van der Waals surface area contributed by atoms with E-state index < -0.39 is 0 Å². The Morgan fingerprint density at radius 3 is 2.94 bits per heavy atom. The molecule has 1 aromatic rings. The first-order valence-corrected chi connectivity index (χ1v) is 7.93. The van der Waals surface area contributed by atoms with Crippen LogP contribution in [0.25, 0.3) is 0 Å². The van der Waals surface area contributed by atoms with Gasteiger partial charge in [0.05, 0.1) is 6.04 Å². The number of aliphatic imine (C=N–C) groups is 1. The van der Waals surface area contributed by atoms with Crippen LogP contribution in [0.3, 0.4) is 0 Å². The topological polar surface area (TPSA) is 24.4 Å². The minimum absolute atomic E-state index is 0.428. The Labute approximate surface area is 112 Å². The van der Waals surface area contributed by atoms with Gasteiger partial charge < -0.3 is 5.32 Å². The van der Waals surface area contributed by atoms with Crippen molar-refractivity contribution >= 4 is 34.4 Å². The number of rotatable bonds is 2. The monoisotopic (exact) mass is 266 g/mol.